The van der Waals surface area contributed by atoms with Gasteiger partial charge >= 0.3 is 0 Å². The molecular formula is C16H31N3O. The van der Waals surface area contributed by atoms with Gasteiger partial charge in [0.25, 0.3) is 0 Å². The standard InChI is InChI=1S/C16H31N3O/c1-11(2)8-14-16(20)19(13-6-7-18(5)10-13)15(17-14)9-12(3)4/h11-15,17H,6-10H2,1-5H3. The molecule has 2 rings (SSSR count). The van der Waals surface area contributed by atoms with Crippen molar-refractivity contribution in [2.24, 2.45) is 11.8 Å². The lowest BCUT2D eigenvalue weighted by molar-refractivity contribution is -0.132. The van der Waals surface area contributed by atoms with Gasteiger partial charge in [0.15, 0.2) is 0 Å². The van der Waals surface area contributed by atoms with E-state index >= 15 is 0 Å². The zero-order valence-corrected chi connectivity index (χ0v) is 13.7. The smallest absolute Gasteiger partial charge is 0.241 e. The molecule has 116 valence electrons. The van der Waals surface area contributed by atoms with Crippen molar-refractivity contribution in [2.45, 2.75) is 65.2 Å². The molecule has 2 heterocycles. The van der Waals surface area contributed by atoms with Gasteiger partial charge in [-0.2, -0.15) is 0 Å². The average molecular weight is 281 g/mol. The Kier molecular flexibility index (Phi) is 5.08. The maximum absolute atomic E-state index is 12.8. The molecule has 2 fully saturated rings. The van der Waals surface area contributed by atoms with Gasteiger partial charge in [0.05, 0.1) is 12.2 Å². The topological polar surface area (TPSA) is 35.6 Å². The Bertz CT molecular complexity index is 343. The first-order valence-electron chi connectivity index (χ1n) is 8.15. The molecule has 0 spiro atoms. The van der Waals surface area contributed by atoms with Crippen LogP contribution in [0, 0.1) is 11.8 Å². The summed E-state index contributed by atoms with van der Waals surface area (Å²) in [5.41, 5.74) is 0. The monoisotopic (exact) mass is 281 g/mol. The van der Waals surface area contributed by atoms with Crippen LogP contribution in [0.5, 0.6) is 0 Å². The lowest BCUT2D eigenvalue weighted by Crippen LogP contribution is -2.46. The first-order chi connectivity index (χ1) is 9.38. The van der Waals surface area contributed by atoms with E-state index in [2.05, 4.69) is 49.9 Å². The molecule has 3 atom stereocenters. The summed E-state index contributed by atoms with van der Waals surface area (Å²) in [5, 5.41) is 3.60. The van der Waals surface area contributed by atoms with Crippen molar-refractivity contribution in [1.29, 1.82) is 0 Å². The molecule has 0 aliphatic carbocycles. The number of nitrogens with zero attached hydrogens (tertiary/aromatic N) is 2. The Labute approximate surface area is 123 Å². The van der Waals surface area contributed by atoms with E-state index < -0.39 is 0 Å². The number of carbonyl (C=O) groups excluding carboxylic acids is 1. The molecule has 2 aliphatic heterocycles. The van der Waals surface area contributed by atoms with Crippen LogP contribution in [-0.4, -0.2) is 54.1 Å². The molecule has 4 heteroatoms. The minimum Gasteiger partial charge on any atom is -0.321 e. The van der Waals surface area contributed by atoms with Gasteiger partial charge in [0, 0.05) is 12.6 Å². The molecule has 0 bridgehead atoms. The summed E-state index contributed by atoms with van der Waals surface area (Å²) in [4.78, 5) is 17.3. The first-order valence-corrected chi connectivity index (χ1v) is 8.15. The summed E-state index contributed by atoms with van der Waals surface area (Å²) in [6.07, 6.45) is 3.36. The van der Waals surface area contributed by atoms with Crippen LogP contribution in [0.4, 0.5) is 0 Å². The molecule has 1 amide bonds. The Balaban J connectivity index is 2.09. The van der Waals surface area contributed by atoms with E-state index in [4.69, 9.17) is 0 Å². The third-order valence-electron chi connectivity index (χ3n) is 4.44. The van der Waals surface area contributed by atoms with Crippen LogP contribution >= 0.6 is 0 Å². The van der Waals surface area contributed by atoms with Crippen molar-refractivity contribution >= 4 is 5.91 Å². The quantitative estimate of drug-likeness (QED) is 0.836. The van der Waals surface area contributed by atoms with Gasteiger partial charge in [-0.3, -0.25) is 10.1 Å². The minimum absolute atomic E-state index is 0.0321. The maximum atomic E-state index is 12.8. The van der Waals surface area contributed by atoms with Gasteiger partial charge in [-0.05, 0) is 44.7 Å². The van der Waals surface area contributed by atoms with Crippen LogP contribution in [0.1, 0.15) is 47.0 Å². The molecule has 2 aliphatic rings. The summed E-state index contributed by atoms with van der Waals surface area (Å²) in [6.45, 7) is 11.0. The summed E-state index contributed by atoms with van der Waals surface area (Å²) in [6, 6.07) is 0.436. The Morgan fingerprint density at radius 2 is 1.85 bits per heavy atom. The third kappa shape index (κ3) is 3.53. The predicted octanol–water partition coefficient (Wildman–Crippen LogP) is 1.91. The van der Waals surface area contributed by atoms with E-state index in [1.54, 1.807) is 0 Å². The van der Waals surface area contributed by atoms with E-state index in [0.29, 0.717) is 23.8 Å². The molecule has 1 N–H and O–H groups in total. The number of likely N-dealkylation sites (N-methyl/N-ethyl adjacent to an activating group) is 1. The van der Waals surface area contributed by atoms with Crippen molar-refractivity contribution in [3.63, 3.8) is 0 Å². The van der Waals surface area contributed by atoms with Crippen molar-refractivity contribution in [1.82, 2.24) is 15.1 Å². The highest BCUT2D eigenvalue weighted by molar-refractivity contribution is 5.84. The first kappa shape index (κ1) is 15.8. The summed E-state index contributed by atoms with van der Waals surface area (Å²) in [7, 11) is 2.15. The number of likely N-dealkylation sites (tertiary alicyclic amines) is 1. The van der Waals surface area contributed by atoms with Crippen molar-refractivity contribution in [3.05, 3.63) is 0 Å². The van der Waals surface area contributed by atoms with Gasteiger partial charge in [0.1, 0.15) is 0 Å². The molecule has 0 radical (unpaired) electrons. The summed E-state index contributed by atoms with van der Waals surface area (Å²) in [5.74, 6) is 1.51. The molecular weight excluding hydrogens is 250 g/mol. The fourth-order valence-corrected chi connectivity index (χ4v) is 3.56. The fraction of sp³-hybridized carbons (Fsp3) is 0.938. The molecule has 4 nitrogen and oxygen atoms in total. The third-order valence-corrected chi connectivity index (χ3v) is 4.44. The zero-order chi connectivity index (χ0) is 14.9. The second-order valence-electron chi connectivity index (χ2n) is 7.44. The normalized spacial score (nSPS) is 32.0. The second-order valence-corrected chi connectivity index (χ2v) is 7.44. The highest BCUT2D eigenvalue weighted by atomic mass is 16.2. The number of rotatable bonds is 5. The van der Waals surface area contributed by atoms with E-state index in [9.17, 15) is 4.79 Å². The molecule has 20 heavy (non-hydrogen) atoms. The Morgan fingerprint density at radius 1 is 1.20 bits per heavy atom. The van der Waals surface area contributed by atoms with Gasteiger partial charge in [-0.25, -0.2) is 0 Å². The van der Waals surface area contributed by atoms with E-state index in [1.165, 1.54) is 0 Å². The van der Waals surface area contributed by atoms with Crippen molar-refractivity contribution in [3.8, 4) is 0 Å². The second kappa shape index (κ2) is 6.44. The van der Waals surface area contributed by atoms with Crippen LogP contribution in [-0.2, 0) is 4.79 Å². The number of amides is 1. The maximum Gasteiger partial charge on any atom is 0.241 e. The number of hydrogen-bond donors (Lipinski definition) is 1. The summed E-state index contributed by atoms with van der Waals surface area (Å²) >= 11 is 0. The average Bonchev–Trinajstić information content (AvgIpc) is 2.83. The lowest BCUT2D eigenvalue weighted by atomic mass is 10.0. The van der Waals surface area contributed by atoms with E-state index in [0.717, 1.165) is 32.4 Å². The van der Waals surface area contributed by atoms with Crippen LogP contribution in [0.2, 0.25) is 0 Å². The van der Waals surface area contributed by atoms with Crippen molar-refractivity contribution < 1.29 is 4.79 Å². The Hall–Kier alpha value is -0.610. The van der Waals surface area contributed by atoms with Crippen LogP contribution in [0.15, 0.2) is 0 Å². The van der Waals surface area contributed by atoms with Crippen LogP contribution < -0.4 is 5.32 Å². The van der Waals surface area contributed by atoms with Gasteiger partial charge in [-0.1, -0.05) is 27.7 Å². The largest absolute Gasteiger partial charge is 0.321 e. The van der Waals surface area contributed by atoms with Crippen molar-refractivity contribution in [2.75, 3.05) is 20.1 Å². The highest BCUT2D eigenvalue weighted by Crippen LogP contribution is 2.27. The van der Waals surface area contributed by atoms with E-state index in [-0.39, 0.29) is 12.2 Å². The molecule has 3 unspecified atom stereocenters. The molecule has 0 aromatic carbocycles. The fourth-order valence-electron chi connectivity index (χ4n) is 3.56. The van der Waals surface area contributed by atoms with Gasteiger partial charge < -0.3 is 9.80 Å². The summed E-state index contributed by atoms with van der Waals surface area (Å²) < 4.78 is 0. The van der Waals surface area contributed by atoms with Gasteiger partial charge in [-0.15, -0.1) is 0 Å². The highest BCUT2D eigenvalue weighted by Gasteiger charge is 2.43. The van der Waals surface area contributed by atoms with E-state index in [1.807, 2.05) is 0 Å². The molecule has 2 saturated heterocycles. The Morgan fingerprint density at radius 3 is 2.35 bits per heavy atom. The number of nitrogens with one attached hydrogen (secondary N) is 1. The molecule has 0 aromatic rings. The molecule has 0 saturated carbocycles. The molecule has 0 aromatic heterocycles. The number of hydrogen-bond acceptors (Lipinski definition) is 3. The van der Waals surface area contributed by atoms with Crippen LogP contribution in [0.3, 0.4) is 0 Å². The minimum atomic E-state index is 0.0321. The van der Waals surface area contributed by atoms with Gasteiger partial charge in [0.2, 0.25) is 5.91 Å². The lowest BCUT2D eigenvalue weighted by Gasteiger charge is -2.31. The predicted molar refractivity (Wildman–Crippen MR) is 82.4 cm³/mol. The SMILES string of the molecule is CC(C)CC1NC(CC(C)C)N(C2CCN(C)C2)C1=O. The number of carbonyl (C=O) groups is 1. The zero-order valence-electron chi connectivity index (χ0n) is 13.7. The van der Waals surface area contributed by atoms with Crippen LogP contribution in [0.25, 0.3) is 0 Å².